The number of imidazole rings is 2. The van der Waals surface area contributed by atoms with Crippen molar-refractivity contribution < 1.29 is 13.6 Å². The largest absolute Gasteiger partial charge is 0.697 e. The molecule has 0 saturated heterocycles. The van der Waals surface area contributed by atoms with Gasteiger partial charge in [0.15, 0.2) is 11.3 Å². The molecule has 14 heteroatoms. The van der Waals surface area contributed by atoms with Crippen molar-refractivity contribution in [1.82, 2.24) is 39.0 Å². The minimum atomic E-state index is -2.16. The summed E-state index contributed by atoms with van der Waals surface area (Å²) in [4.78, 5) is 25.3. The molecule has 2 aliphatic rings. The minimum Gasteiger partial charge on any atom is -0.368 e. The van der Waals surface area contributed by atoms with Gasteiger partial charge in [-0.3, -0.25) is 0 Å². The first-order valence-electron chi connectivity index (χ1n) is 12.0. The minimum absolute atomic E-state index is 0.0993. The molecule has 2 fully saturated rings. The fourth-order valence-electron chi connectivity index (χ4n) is 4.73. The summed E-state index contributed by atoms with van der Waals surface area (Å²) in [6, 6.07) is 0. The molecule has 0 bridgehead atoms. The van der Waals surface area contributed by atoms with E-state index in [2.05, 4.69) is 29.9 Å². The second-order valence-corrected chi connectivity index (χ2v) is 11.0. The number of aromatic nitrogens is 8. The lowest BCUT2D eigenvalue weighted by molar-refractivity contribution is 0.190. The van der Waals surface area contributed by atoms with E-state index in [1.54, 1.807) is 25.0 Å². The van der Waals surface area contributed by atoms with Gasteiger partial charge in [-0.2, -0.15) is 9.97 Å². The third-order valence-electron chi connectivity index (χ3n) is 7.34. The summed E-state index contributed by atoms with van der Waals surface area (Å²) in [7, 11) is -2.16. The molecule has 0 atom stereocenters. The third kappa shape index (κ3) is 4.86. The SMILES string of the molecule is Nc1ncc2ncn(CC3(CCO[P+](=O)OCCC4(Cn5cnc6cnc(N)nc65)CC4)CC3)c2n1. The molecule has 6 rings (SSSR count). The van der Waals surface area contributed by atoms with Crippen LogP contribution in [0.1, 0.15) is 38.5 Å². The van der Waals surface area contributed by atoms with Crippen LogP contribution >= 0.6 is 8.25 Å². The van der Waals surface area contributed by atoms with Gasteiger partial charge >= 0.3 is 8.25 Å². The van der Waals surface area contributed by atoms with Gasteiger partial charge < -0.3 is 20.6 Å². The molecule has 4 N–H and O–H groups in total. The van der Waals surface area contributed by atoms with E-state index in [0.29, 0.717) is 13.2 Å². The highest BCUT2D eigenvalue weighted by atomic mass is 31.1. The van der Waals surface area contributed by atoms with Crippen molar-refractivity contribution >= 4 is 42.5 Å². The van der Waals surface area contributed by atoms with Crippen LogP contribution in [0.4, 0.5) is 11.9 Å². The molecule has 0 aliphatic heterocycles. The molecule has 0 aromatic carbocycles. The molecule has 2 saturated carbocycles. The standard InChI is InChI=1S/C22H28N10O3P/c23-19-25-9-15-17(29-19)31(13-27-15)11-21(1-2-21)5-7-34-36(33)35-8-6-22(3-4-22)12-32-14-28-16-10-26-20(24)30-18(16)32/h9-10,13-14H,1-8,11-12H2,(H2,23,25,29)(H2,24,26,30)/q+1. The highest BCUT2D eigenvalue weighted by Crippen LogP contribution is 2.52. The predicted octanol–water partition coefficient (Wildman–Crippen LogP) is 2.86. The van der Waals surface area contributed by atoms with Crippen LogP contribution in [-0.2, 0) is 26.7 Å². The Morgan fingerprint density at radius 2 is 1.22 bits per heavy atom. The first-order valence-corrected chi connectivity index (χ1v) is 13.1. The van der Waals surface area contributed by atoms with Gasteiger partial charge in [-0.1, -0.05) is 0 Å². The van der Waals surface area contributed by atoms with Crippen LogP contribution in [0.15, 0.2) is 25.0 Å². The molecule has 4 heterocycles. The topological polar surface area (TPSA) is 175 Å². The Morgan fingerprint density at radius 1 is 0.778 bits per heavy atom. The average Bonchev–Trinajstić information content (AvgIpc) is 3.72. The molecule has 2 aliphatic carbocycles. The van der Waals surface area contributed by atoms with Gasteiger partial charge in [0.1, 0.15) is 24.2 Å². The zero-order valence-electron chi connectivity index (χ0n) is 19.8. The van der Waals surface area contributed by atoms with Gasteiger partial charge in [0.2, 0.25) is 11.9 Å². The van der Waals surface area contributed by atoms with Gasteiger partial charge in [-0.25, -0.2) is 19.9 Å². The number of nitrogens with zero attached hydrogens (tertiary/aromatic N) is 8. The summed E-state index contributed by atoms with van der Waals surface area (Å²) in [6.45, 7) is 2.30. The van der Waals surface area contributed by atoms with E-state index in [-0.39, 0.29) is 22.7 Å². The summed E-state index contributed by atoms with van der Waals surface area (Å²) in [5.41, 5.74) is 14.6. The van der Waals surface area contributed by atoms with E-state index < -0.39 is 8.25 Å². The second kappa shape index (κ2) is 8.99. The molecule has 0 unspecified atom stereocenters. The van der Waals surface area contributed by atoms with Gasteiger partial charge in [-0.05, 0) is 49.4 Å². The average molecular weight is 512 g/mol. The molecule has 36 heavy (non-hydrogen) atoms. The van der Waals surface area contributed by atoms with Crippen molar-refractivity contribution in [3.63, 3.8) is 0 Å². The second-order valence-electron chi connectivity index (χ2n) is 10.0. The van der Waals surface area contributed by atoms with Crippen LogP contribution in [-0.4, -0.2) is 52.3 Å². The number of anilines is 2. The molecule has 4 aromatic heterocycles. The van der Waals surface area contributed by atoms with Crippen LogP contribution in [0.25, 0.3) is 22.3 Å². The van der Waals surface area contributed by atoms with E-state index in [9.17, 15) is 4.57 Å². The maximum atomic E-state index is 12.3. The molecule has 188 valence electrons. The first kappa shape index (κ1) is 23.1. The molecular weight excluding hydrogens is 483 g/mol. The zero-order chi connectivity index (χ0) is 24.8. The highest BCUT2D eigenvalue weighted by Gasteiger charge is 2.45. The number of fused-ring (bicyclic) bond motifs is 2. The van der Waals surface area contributed by atoms with Crippen molar-refractivity contribution in [3.05, 3.63) is 25.0 Å². The highest BCUT2D eigenvalue weighted by molar-refractivity contribution is 7.33. The maximum absolute atomic E-state index is 12.3. The smallest absolute Gasteiger partial charge is 0.368 e. The number of hydrogen-bond acceptors (Lipinski definition) is 11. The van der Waals surface area contributed by atoms with Crippen molar-refractivity contribution in [2.75, 3.05) is 24.7 Å². The quantitative estimate of drug-likeness (QED) is 0.268. The van der Waals surface area contributed by atoms with Crippen LogP contribution < -0.4 is 11.5 Å². The molecule has 0 spiro atoms. The molecular formula is C22H28N10O3P+. The van der Waals surface area contributed by atoms with Crippen molar-refractivity contribution in [2.45, 2.75) is 51.6 Å². The van der Waals surface area contributed by atoms with E-state index in [1.807, 2.05) is 9.13 Å². The lowest BCUT2D eigenvalue weighted by atomic mass is 10.0. The Morgan fingerprint density at radius 3 is 1.64 bits per heavy atom. The zero-order valence-corrected chi connectivity index (χ0v) is 20.7. The lowest BCUT2D eigenvalue weighted by Crippen LogP contribution is -2.14. The molecule has 4 aromatic rings. The van der Waals surface area contributed by atoms with Crippen molar-refractivity contribution in [3.8, 4) is 0 Å². The summed E-state index contributed by atoms with van der Waals surface area (Å²) >= 11 is 0. The van der Waals surface area contributed by atoms with Gasteiger partial charge in [0.05, 0.1) is 25.0 Å². The predicted molar refractivity (Wildman–Crippen MR) is 132 cm³/mol. The van der Waals surface area contributed by atoms with E-state index in [1.165, 1.54) is 0 Å². The number of hydrogen-bond donors (Lipinski definition) is 2. The summed E-state index contributed by atoms with van der Waals surface area (Å²) in [5, 5.41) is 0. The maximum Gasteiger partial charge on any atom is 0.697 e. The monoisotopic (exact) mass is 511 g/mol. The van der Waals surface area contributed by atoms with E-state index in [0.717, 1.165) is 73.9 Å². The van der Waals surface area contributed by atoms with E-state index in [4.69, 9.17) is 20.5 Å². The Kier molecular flexibility index (Phi) is 5.78. The van der Waals surface area contributed by atoms with Crippen molar-refractivity contribution in [2.24, 2.45) is 10.8 Å². The fraction of sp³-hybridized carbons (Fsp3) is 0.545. The van der Waals surface area contributed by atoms with Crippen LogP contribution in [0.3, 0.4) is 0 Å². The number of rotatable bonds is 12. The fourth-order valence-corrected chi connectivity index (χ4v) is 5.29. The van der Waals surface area contributed by atoms with Gasteiger partial charge in [-0.15, -0.1) is 9.05 Å². The molecule has 0 radical (unpaired) electrons. The summed E-state index contributed by atoms with van der Waals surface area (Å²) in [6.07, 6.45) is 12.7. The third-order valence-corrected chi connectivity index (χ3v) is 8.12. The number of nitrogens with two attached hydrogens (primary N) is 2. The van der Waals surface area contributed by atoms with E-state index >= 15 is 0 Å². The molecule has 13 nitrogen and oxygen atoms in total. The Labute approximate surface area is 207 Å². The van der Waals surface area contributed by atoms with Crippen LogP contribution in [0.5, 0.6) is 0 Å². The lowest BCUT2D eigenvalue weighted by Gasteiger charge is -2.15. The van der Waals surface area contributed by atoms with Crippen LogP contribution in [0.2, 0.25) is 0 Å². The Balaban J connectivity index is 0.951. The normalized spacial score (nSPS) is 17.6. The summed E-state index contributed by atoms with van der Waals surface area (Å²) < 4.78 is 27.4. The van der Waals surface area contributed by atoms with Gasteiger partial charge in [0.25, 0.3) is 0 Å². The first-order chi connectivity index (χ1) is 17.4. The van der Waals surface area contributed by atoms with Crippen molar-refractivity contribution in [1.29, 1.82) is 0 Å². The number of nitrogen functional groups attached to an aromatic ring is 2. The van der Waals surface area contributed by atoms with Gasteiger partial charge in [0, 0.05) is 17.7 Å². The molecule has 0 amide bonds. The summed E-state index contributed by atoms with van der Waals surface area (Å²) in [5.74, 6) is 0.466. The van der Waals surface area contributed by atoms with Crippen LogP contribution in [0, 0.1) is 10.8 Å². The Hall–Kier alpha value is -3.28. The Bertz CT molecular complexity index is 1320.